The maximum atomic E-state index is 12.3. The fourth-order valence-electron chi connectivity index (χ4n) is 2.77. The average molecular weight is 492 g/mol. The predicted octanol–water partition coefficient (Wildman–Crippen LogP) is 4.88. The zero-order valence-corrected chi connectivity index (χ0v) is 20.6. The molecule has 154 valence electrons. The van der Waals surface area contributed by atoms with E-state index in [9.17, 15) is 8.42 Å². The molecule has 0 aromatic rings. The van der Waals surface area contributed by atoms with E-state index >= 15 is 0 Å². The van der Waals surface area contributed by atoms with Crippen LogP contribution in [0.2, 0.25) is 0 Å². The Kier molecular flexibility index (Phi) is 17.4. The van der Waals surface area contributed by atoms with Gasteiger partial charge in [0.1, 0.15) is 0 Å². The van der Waals surface area contributed by atoms with E-state index in [1.807, 2.05) is 0 Å². The molecule has 0 heterocycles. The number of sulfonamides is 1. The van der Waals surface area contributed by atoms with Gasteiger partial charge in [0.15, 0.2) is 0 Å². The maximum Gasteiger partial charge on any atom is 0.213 e. The van der Waals surface area contributed by atoms with Gasteiger partial charge in [-0.15, -0.1) is 24.0 Å². The van der Waals surface area contributed by atoms with E-state index < -0.39 is 10.0 Å². The van der Waals surface area contributed by atoms with Gasteiger partial charge in [0.25, 0.3) is 0 Å². The molecule has 0 aliphatic rings. The van der Waals surface area contributed by atoms with Crippen LogP contribution in [-0.4, -0.2) is 63.7 Å². The van der Waals surface area contributed by atoms with Crippen LogP contribution in [-0.2, 0) is 10.0 Å². The second-order valence-corrected chi connectivity index (χ2v) is 9.99. The number of quaternary nitrogens is 1. The lowest BCUT2D eigenvalue weighted by molar-refractivity contribution is -0.888. The highest BCUT2D eigenvalue weighted by molar-refractivity contribution is 14.0. The van der Waals surface area contributed by atoms with Gasteiger partial charge in [0.2, 0.25) is 10.0 Å². The number of hydrogen-bond acceptors (Lipinski definition) is 2. The Hall–Kier alpha value is 0.600. The first-order chi connectivity index (χ1) is 11.2. The number of hydrogen-bond donors (Lipinski definition) is 0. The molecule has 0 N–H and O–H groups in total. The van der Waals surface area contributed by atoms with Gasteiger partial charge in [-0.25, -0.2) is 12.7 Å². The molecule has 0 radical (unpaired) electrons. The highest BCUT2D eigenvalue weighted by Gasteiger charge is 2.18. The lowest BCUT2D eigenvalue weighted by Crippen LogP contribution is -2.41. The third kappa shape index (κ3) is 15.4. The molecule has 0 spiro atoms. The zero-order chi connectivity index (χ0) is 18.5. The summed E-state index contributed by atoms with van der Waals surface area (Å²) in [5.41, 5.74) is 0. The minimum absolute atomic E-state index is 0. The van der Waals surface area contributed by atoms with Crippen molar-refractivity contribution in [3.63, 3.8) is 0 Å². The monoisotopic (exact) mass is 491 g/mol. The smallest absolute Gasteiger partial charge is 0.213 e. The summed E-state index contributed by atoms with van der Waals surface area (Å²) in [7, 11) is 3.05. The van der Waals surface area contributed by atoms with E-state index in [1.165, 1.54) is 44.9 Å². The Morgan fingerprint density at radius 1 is 0.800 bits per heavy atom. The Labute approximate surface area is 175 Å². The van der Waals surface area contributed by atoms with Crippen molar-refractivity contribution in [1.82, 2.24) is 4.31 Å². The van der Waals surface area contributed by atoms with Crippen LogP contribution in [0.5, 0.6) is 0 Å². The fourth-order valence-corrected chi connectivity index (χ4v) is 4.06. The Bertz CT molecular complexity index is 400. The van der Waals surface area contributed by atoms with Crippen molar-refractivity contribution < 1.29 is 12.9 Å². The van der Waals surface area contributed by atoms with Crippen LogP contribution in [0, 0.1) is 0 Å². The molecule has 0 aromatic carbocycles. The van der Waals surface area contributed by atoms with Crippen LogP contribution in [0.15, 0.2) is 0 Å². The second kappa shape index (κ2) is 15.6. The van der Waals surface area contributed by atoms with E-state index in [-0.39, 0.29) is 24.0 Å². The maximum absolute atomic E-state index is 12.3. The summed E-state index contributed by atoms with van der Waals surface area (Å²) in [6.07, 6.45) is 11.8. The first kappa shape index (κ1) is 27.8. The molecule has 25 heavy (non-hydrogen) atoms. The summed E-state index contributed by atoms with van der Waals surface area (Å²) in [5, 5.41) is 0. The van der Waals surface area contributed by atoms with Crippen molar-refractivity contribution in [3.8, 4) is 0 Å². The third-order valence-corrected chi connectivity index (χ3v) is 7.01. The normalized spacial score (nSPS) is 12.4. The molecule has 0 saturated carbocycles. The molecule has 6 heteroatoms. The van der Waals surface area contributed by atoms with E-state index in [4.69, 9.17) is 0 Å². The minimum Gasteiger partial charge on any atom is -0.329 e. The van der Waals surface area contributed by atoms with E-state index in [2.05, 4.69) is 27.9 Å². The van der Waals surface area contributed by atoms with E-state index in [0.29, 0.717) is 12.3 Å². The van der Waals surface area contributed by atoms with Gasteiger partial charge in [-0.1, -0.05) is 58.3 Å². The van der Waals surface area contributed by atoms with Crippen LogP contribution in [0.1, 0.15) is 78.1 Å². The highest BCUT2D eigenvalue weighted by Crippen LogP contribution is 2.11. The summed E-state index contributed by atoms with van der Waals surface area (Å²) in [6.45, 7) is 7.15. The molecular weight excluding hydrogens is 447 g/mol. The largest absolute Gasteiger partial charge is 0.329 e. The van der Waals surface area contributed by atoms with Gasteiger partial charge >= 0.3 is 0 Å². The molecule has 4 nitrogen and oxygen atoms in total. The molecule has 0 rings (SSSR count). The summed E-state index contributed by atoms with van der Waals surface area (Å²) in [6, 6.07) is 0. The lowest BCUT2D eigenvalue weighted by Gasteiger charge is -2.29. The number of halogens is 1. The lowest BCUT2D eigenvalue weighted by atomic mass is 10.1. The summed E-state index contributed by atoms with van der Waals surface area (Å²) < 4.78 is 27.1. The molecule has 0 amide bonds. The number of nitrogens with zero attached hydrogens (tertiary/aromatic N) is 2. The van der Waals surface area contributed by atoms with Gasteiger partial charge in [-0.05, 0) is 13.3 Å². The fraction of sp³-hybridized carbons (Fsp3) is 1.00. The first-order valence-electron chi connectivity index (χ1n) is 10.0. The van der Waals surface area contributed by atoms with Crippen molar-refractivity contribution >= 4 is 34.0 Å². The SMILES string of the molecule is CCCCCCCCCCCS(=O)(=O)N(C)CCC[N+](C)(C)CC.I. The van der Waals surface area contributed by atoms with Crippen LogP contribution >= 0.6 is 24.0 Å². The Morgan fingerprint density at radius 2 is 1.28 bits per heavy atom. The van der Waals surface area contributed by atoms with Crippen LogP contribution in [0.3, 0.4) is 0 Å². The first-order valence-corrected chi connectivity index (χ1v) is 11.6. The van der Waals surface area contributed by atoms with Crippen LogP contribution in [0.4, 0.5) is 0 Å². The Morgan fingerprint density at radius 3 is 1.76 bits per heavy atom. The van der Waals surface area contributed by atoms with Crippen molar-refractivity contribution in [3.05, 3.63) is 0 Å². The predicted molar refractivity (Wildman–Crippen MR) is 121 cm³/mol. The Balaban J connectivity index is 0. The molecule has 0 atom stereocenters. The molecule has 0 unspecified atom stereocenters. The summed E-state index contributed by atoms with van der Waals surface area (Å²) >= 11 is 0. The number of rotatable bonds is 16. The van der Waals surface area contributed by atoms with Gasteiger partial charge in [-0.2, -0.15) is 0 Å². The summed E-state index contributed by atoms with van der Waals surface area (Å²) in [4.78, 5) is 0. The highest BCUT2D eigenvalue weighted by atomic mass is 127. The second-order valence-electron chi connectivity index (χ2n) is 7.80. The molecule has 0 aliphatic carbocycles. The molecule has 0 aromatic heterocycles. The summed E-state index contributed by atoms with van der Waals surface area (Å²) in [5.74, 6) is 0.311. The topological polar surface area (TPSA) is 37.4 Å². The van der Waals surface area contributed by atoms with Crippen molar-refractivity contribution in [2.75, 3.05) is 46.5 Å². The molecule has 0 saturated heterocycles. The van der Waals surface area contributed by atoms with Crippen LogP contribution in [0.25, 0.3) is 0 Å². The molecule has 0 aliphatic heterocycles. The standard InChI is InChI=1S/C19H43N2O2S.HI/c1-6-8-9-10-11-12-13-14-15-19-24(22,23)20(3)17-16-18-21(4,5)7-2;/h6-19H2,1-5H3;1H/q+1;. The molecular formula is C19H44IN2O2S+. The van der Waals surface area contributed by atoms with Crippen molar-refractivity contribution in [2.24, 2.45) is 0 Å². The molecule has 0 fully saturated rings. The van der Waals surface area contributed by atoms with Gasteiger partial charge in [-0.3, -0.25) is 0 Å². The van der Waals surface area contributed by atoms with Gasteiger partial charge < -0.3 is 4.48 Å². The minimum atomic E-state index is -3.06. The van der Waals surface area contributed by atoms with Crippen LogP contribution < -0.4 is 0 Å². The van der Waals surface area contributed by atoms with Gasteiger partial charge in [0.05, 0.1) is 32.9 Å². The molecule has 0 bridgehead atoms. The van der Waals surface area contributed by atoms with Gasteiger partial charge in [0, 0.05) is 20.0 Å². The van der Waals surface area contributed by atoms with E-state index in [0.717, 1.165) is 36.8 Å². The zero-order valence-electron chi connectivity index (χ0n) is 17.4. The van der Waals surface area contributed by atoms with Crippen molar-refractivity contribution in [2.45, 2.75) is 78.1 Å². The number of unbranched alkanes of at least 4 members (excludes halogenated alkanes) is 8. The third-order valence-electron chi connectivity index (χ3n) is 5.07. The average Bonchev–Trinajstić information content (AvgIpc) is 2.53. The quantitative estimate of drug-likeness (QED) is 0.175. The van der Waals surface area contributed by atoms with Crippen molar-refractivity contribution in [1.29, 1.82) is 0 Å². The van der Waals surface area contributed by atoms with E-state index in [1.54, 1.807) is 11.4 Å².